The van der Waals surface area contributed by atoms with Gasteiger partial charge in [0.2, 0.25) is 0 Å². The summed E-state index contributed by atoms with van der Waals surface area (Å²) in [5.74, 6) is 0.710. The van der Waals surface area contributed by atoms with Gasteiger partial charge in [0.05, 0.1) is 0 Å². The Bertz CT molecular complexity index is 341. The Morgan fingerprint density at radius 1 is 1.24 bits per heavy atom. The third-order valence-electron chi connectivity index (χ3n) is 2.85. The highest BCUT2D eigenvalue weighted by Gasteiger charge is 2.11. The molecule has 0 heterocycles. The first-order valence-corrected chi connectivity index (χ1v) is 7.16. The summed E-state index contributed by atoms with van der Waals surface area (Å²) in [7, 11) is 0. The normalized spacial score (nSPS) is 13.7. The van der Waals surface area contributed by atoms with E-state index in [1.54, 1.807) is 0 Å². The average molecular weight is 298 g/mol. The predicted molar refractivity (Wildman–Crippen MR) is 79.4 cm³/mol. The summed E-state index contributed by atoms with van der Waals surface area (Å²) in [5.41, 5.74) is 1.64. The number of halogens is 1. The first-order valence-electron chi connectivity index (χ1n) is 6.37. The van der Waals surface area contributed by atoms with Crippen LogP contribution in [0.15, 0.2) is 28.7 Å². The molecule has 1 atom stereocenters. The molecule has 0 aliphatic heterocycles. The summed E-state index contributed by atoms with van der Waals surface area (Å²) < 4.78 is 1.23. The van der Waals surface area contributed by atoms with Crippen LogP contribution in [0, 0.1) is 5.92 Å². The molecule has 0 aromatic heterocycles. The first kappa shape index (κ1) is 14.7. The minimum atomic E-state index is 0.224. The van der Waals surface area contributed by atoms with E-state index in [0.29, 0.717) is 5.92 Å². The zero-order valence-electron chi connectivity index (χ0n) is 11.4. The van der Waals surface area contributed by atoms with Gasteiger partial charge in [-0.1, -0.05) is 41.1 Å². The molecule has 17 heavy (non-hydrogen) atoms. The fourth-order valence-corrected chi connectivity index (χ4v) is 2.17. The van der Waals surface area contributed by atoms with Gasteiger partial charge in [-0.2, -0.15) is 0 Å². The van der Waals surface area contributed by atoms with Gasteiger partial charge in [0.15, 0.2) is 0 Å². The Kier molecular flexibility index (Phi) is 5.68. The number of benzene rings is 1. The summed E-state index contributed by atoms with van der Waals surface area (Å²) in [4.78, 5) is 0. The summed E-state index contributed by atoms with van der Waals surface area (Å²) in [6.07, 6.45) is 2.38. The Hall–Kier alpha value is -0.340. The van der Waals surface area contributed by atoms with Crippen LogP contribution in [0.5, 0.6) is 0 Å². The molecule has 0 saturated heterocycles. The van der Waals surface area contributed by atoms with Gasteiger partial charge in [-0.15, -0.1) is 0 Å². The molecule has 0 bridgehead atoms. The number of hydrogen-bond acceptors (Lipinski definition) is 1. The molecule has 0 aliphatic carbocycles. The number of hydrogen-bond donors (Lipinski definition) is 1. The van der Waals surface area contributed by atoms with E-state index in [9.17, 15) is 0 Å². The maximum Gasteiger partial charge on any atom is 0.0207 e. The summed E-state index contributed by atoms with van der Waals surface area (Å²) >= 11 is 3.60. The first-order chi connectivity index (χ1) is 7.88. The van der Waals surface area contributed by atoms with Crippen molar-refractivity contribution in [3.8, 4) is 0 Å². The lowest BCUT2D eigenvalue weighted by molar-refractivity contribution is 0.372. The number of rotatable bonds is 5. The van der Waals surface area contributed by atoms with Crippen LogP contribution in [-0.2, 0) is 6.42 Å². The summed E-state index contributed by atoms with van der Waals surface area (Å²) in [5, 5.41) is 3.56. The van der Waals surface area contributed by atoms with E-state index in [1.807, 2.05) is 0 Å². The van der Waals surface area contributed by atoms with Crippen LogP contribution in [0.4, 0.5) is 0 Å². The molecule has 0 amide bonds. The summed E-state index contributed by atoms with van der Waals surface area (Å²) in [6.45, 7) is 10.1. The predicted octanol–water partition coefficient (Wildman–Crippen LogP) is 4.41. The molecule has 1 nitrogen and oxygen atoms in total. The monoisotopic (exact) mass is 297 g/mol. The van der Waals surface area contributed by atoms with Crippen molar-refractivity contribution in [2.45, 2.75) is 46.1 Å². The van der Waals surface area contributed by atoms with Crippen LogP contribution in [0.25, 0.3) is 0 Å². The second-order valence-electron chi connectivity index (χ2n) is 5.87. The zero-order chi connectivity index (χ0) is 12.9. The topological polar surface area (TPSA) is 12.0 Å². The molecule has 0 aliphatic rings. The van der Waals surface area contributed by atoms with E-state index in [-0.39, 0.29) is 5.54 Å². The van der Waals surface area contributed by atoms with Crippen LogP contribution in [-0.4, -0.2) is 12.1 Å². The minimum absolute atomic E-state index is 0.224. The second-order valence-corrected chi connectivity index (χ2v) is 6.72. The highest BCUT2D eigenvalue weighted by atomic mass is 79.9. The lowest BCUT2D eigenvalue weighted by atomic mass is 9.99. The summed E-state index contributed by atoms with van der Waals surface area (Å²) in [6, 6.07) is 8.50. The van der Waals surface area contributed by atoms with Gasteiger partial charge in [-0.05, 0) is 57.7 Å². The van der Waals surface area contributed by atoms with E-state index in [2.05, 4.69) is 73.2 Å². The Labute approximate surface area is 114 Å². The van der Waals surface area contributed by atoms with Crippen LogP contribution in [0.3, 0.4) is 0 Å². The Morgan fingerprint density at radius 2 is 1.88 bits per heavy atom. The van der Waals surface area contributed by atoms with E-state index in [4.69, 9.17) is 0 Å². The largest absolute Gasteiger partial charge is 0.312 e. The lowest BCUT2D eigenvalue weighted by Gasteiger charge is -2.23. The van der Waals surface area contributed by atoms with Gasteiger partial charge in [0, 0.05) is 10.0 Å². The molecule has 96 valence electrons. The molecule has 0 fully saturated rings. The van der Waals surface area contributed by atoms with Crippen molar-refractivity contribution in [1.29, 1.82) is 0 Å². The minimum Gasteiger partial charge on any atom is -0.312 e. The van der Waals surface area contributed by atoms with Gasteiger partial charge in [0.1, 0.15) is 0 Å². The molecule has 0 radical (unpaired) electrons. The average Bonchev–Trinajstić information content (AvgIpc) is 2.24. The fourth-order valence-electron chi connectivity index (χ4n) is 1.69. The molecular weight excluding hydrogens is 274 g/mol. The van der Waals surface area contributed by atoms with E-state index in [1.165, 1.54) is 16.5 Å². The Morgan fingerprint density at radius 3 is 2.47 bits per heavy atom. The smallest absolute Gasteiger partial charge is 0.0207 e. The quantitative estimate of drug-likeness (QED) is 0.849. The molecule has 2 heteroatoms. The van der Waals surface area contributed by atoms with Crippen LogP contribution >= 0.6 is 15.9 Å². The standard InChI is InChI=1S/C15H24BrN/c1-12(11-17-15(2,3)4)9-10-13-7-5-6-8-14(13)16/h5-8,12,17H,9-11H2,1-4H3. The van der Waals surface area contributed by atoms with Gasteiger partial charge in [0.25, 0.3) is 0 Å². The van der Waals surface area contributed by atoms with Crippen molar-refractivity contribution >= 4 is 15.9 Å². The van der Waals surface area contributed by atoms with E-state index >= 15 is 0 Å². The molecule has 1 aromatic carbocycles. The molecule has 1 aromatic rings. The Balaban J connectivity index is 2.34. The van der Waals surface area contributed by atoms with Crippen molar-refractivity contribution < 1.29 is 0 Å². The van der Waals surface area contributed by atoms with Gasteiger partial charge < -0.3 is 5.32 Å². The molecule has 0 spiro atoms. The van der Waals surface area contributed by atoms with Crippen LogP contribution in [0.1, 0.15) is 39.7 Å². The maximum absolute atomic E-state index is 3.60. The second kappa shape index (κ2) is 6.55. The van der Waals surface area contributed by atoms with Gasteiger partial charge in [-0.3, -0.25) is 0 Å². The third kappa shape index (κ3) is 6.23. The van der Waals surface area contributed by atoms with Crippen molar-refractivity contribution in [2.75, 3.05) is 6.54 Å². The van der Waals surface area contributed by atoms with E-state index in [0.717, 1.165) is 13.0 Å². The highest BCUT2D eigenvalue weighted by Crippen LogP contribution is 2.19. The van der Waals surface area contributed by atoms with Gasteiger partial charge >= 0.3 is 0 Å². The SMILES string of the molecule is CC(CCc1ccccc1Br)CNC(C)(C)C. The molecular formula is C15H24BrN. The third-order valence-corrected chi connectivity index (χ3v) is 3.62. The van der Waals surface area contributed by atoms with E-state index < -0.39 is 0 Å². The van der Waals surface area contributed by atoms with Crippen molar-refractivity contribution in [3.63, 3.8) is 0 Å². The molecule has 0 saturated carbocycles. The lowest BCUT2D eigenvalue weighted by Crippen LogP contribution is -2.38. The molecule has 1 rings (SSSR count). The zero-order valence-corrected chi connectivity index (χ0v) is 13.0. The van der Waals surface area contributed by atoms with Crippen LogP contribution < -0.4 is 5.32 Å². The molecule has 1 unspecified atom stereocenters. The van der Waals surface area contributed by atoms with Crippen molar-refractivity contribution in [1.82, 2.24) is 5.32 Å². The maximum atomic E-state index is 3.60. The number of aryl methyl sites for hydroxylation is 1. The highest BCUT2D eigenvalue weighted by molar-refractivity contribution is 9.10. The number of nitrogens with one attached hydrogen (secondary N) is 1. The van der Waals surface area contributed by atoms with Gasteiger partial charge in [-0.25, -0.2) is 0 Å². The molecule has 1 N–H and O–H groups in total. The fraction of sp³-hybridized carbons (Fsp3) is 0.600. The van der Waals surface area contributed by atoms with Crippen LogP contribution in [0.2, 0.25) is 0 Å². The van der Waals surface area contributed by atoms with Crippen molar-refractivity contribution in [2.24, 2.45) is 5.92 Å². The van der Waals surface area contributed by atoms with Crippen molar-refractivity contribution in [3.05, 3.63) is 34.3 Å².